The highest BCUT2D eigenvalue weighted by Crippen LogP contribution is 2.11. The summed E-state index contributed by atoms with van der Waals surface area (Å²) in [6, 6.07) is 16.0. The second-order valence-corrected chi connectivity index (χ2v) is 4.87. The number of hydrogen-bond acceptors (Lipinski definition) is 3. The van der Waals surface area contributed by atoms with Gasteiger partial charge in [0, 0.05) is 11.3 Å². The molecule has 5 nitrogen and oxygen atoms in total. The average Bonchev–Trinajstić information content (AvgIpc) is 2.54. The van der Waals surface area contributed by atoms with Crippen LogP contribution in [0.3, 0.4) is 0 Å². The van der Waals surface area contributed by atoms with Crippen molar-refractivity contribution >= 4 is 17.5 Å². The van der Waals surface area contributed by atoms with Crippen LogP contribution in [0.5, 0.6) is 0 Å². The molecule has 3 N–H and O–H groups in total. The van der Waals surface area contributed by atoms with Crippen molar-refractivity contribution in [3.8, 4) is 0 Å². The minimum Gasteiger partial charge on any atom is -0.366 e. The summed E-state index contributed by atoms with van der Waals surface area (Å²) in [6.45, 7) is 2.06. The van der Waals surface area contributed by atoms with Gasteiger partial charge in [0.1, 0.15) is 6.10 Å². The first kappa shape index (κ1) is 15.7. The lowest BCUT2D eigenvalue weighted by Gasteiger charge is -2.13. The summed E-state index contributed by atoms with van der Waals surface area (Å²) >= 11 is 0. The Labute approximate surface area is 129 Å². The van der Waals surface area contributed by atoms with E-state index < -0.39 is 12.0 Å². The molecule has 0 aromatic heterocycles. The van der Waals surface area contributed by atoms with Gasteiger partial charge in [-0.3, -0.25) is 9.59 Å². The van der Waals surface area contributed by atoms with Gasteiger partial charge in [0.2, 0.25) is 5.91 Å². The summed E-state index contributed by atoms with van der Waals surface area (Å²) in [6.07, 6.45) is -0.587. The Balaban J connectivity index is 1.87. The summed E-state index contributed by atoms with van der Waals surface area (Å²) in [5.41, 5.74) is 7.15. The van der Waals surface area contributed by atoms with Crippen molar-refractivity contribution in [1.82, 2.24) is 0 Å². The highest BCUT2D eigenvalue weighted by molar-refractivity contribution is 5.96. The lowest BCUT2D eigenvalue weighted by Crippen LogP contribution is -2.27. The van der Waals surface area contributed by atoms with Crippen LogP contribution in [0.1, 0.15) is 22.8 Å². The van der Waals surface area contributed by atoms with Gasteiger partial charge in [0.15, 0.2) is 0 Å². The van der Waals surface area contributed by atoms with Gasteiger partial charge in [0.05, 0.1) is 6.61 Å². The van der Waals surface area contributed by atoms with E-state index in [1.807, 2.05) is 30.3 Å². The third kappa shape index (κ3) is 4.43. The molecule has 0 saturated heterocycles. The second-order valence-electron chi connectivity index (χ2n) is 4.87. The van der Waals surface area contributed by atoms with E-state index in [4.69, 9.17) is 10.5 Å². The molecule has 5 heteroatoms. The molecule has 1 atom stereocenters. The van der Waals surface area contributed by atoms with Crippen LogP contribution in [0, 0.1) is 0 Å². The summed E-state index contributed by atoms with van der Waals surface area (Å²) in [5, 5.41) is 2.73. The maximum atomic E-state index is 12.0. The van der Waals surface area contributed by atoms with Crippen LogP contribution in [0.2, 0.25) is 0 Å². The zero-order valence-electron chi connectivity index (χ0n) is 12.3. The number of carbonyl (C=O) groups excluding carboxylic acids is 2. The van der Waals surface area contributed by atoms with Gasteiger partial charge in [-0.2, -0.15) is 0 Å². The fourth-order valence-electron chi connectivity index (χ4n) is 1.83. The maximum absolute atomic E-state index is 12.0. The first-order valence-electron chi connectivity index (χ1n) is 6.92. The molecule has 114 valence electrons. The number of amides is 2. The van der Waals surface area contributed by atoms with Gasteiger partial charge >= 0.3 is 0 Å². The third-order valence-electron chi connectivity index (χ3n) is 3.15. The van der Waals surface area contributed by atoms with Gasteiger partial charge in [-0.1, -0.05) is 30.3 Å². The van der Waals surface area contributed by atoms with Gasteiger partial charge in [-0.25, -0.2) is 0 Å². The fraction of sp³-hybridized carbons (Fsp3) is 0.176. The molecule has 0 heterocycles. The molecule has 2 amide bonds. The maximum Gasteiger partial charge on any atom is 0.253 e. The van der Waals surface area contributed by atoms with Crippen LogP contribution in [0.25, 0.3) is 0 Å². The molecule has 0 spiro atoms. The van der Waals surface area contributed by atoms with E-state index >= 15 is 0 Å². The van der Waals surface area contributed by atoms with Crippen LogP contribution >= 0.6 is 0 Å². The number of nitrogens with two attached hydrogens (primary N) is 1. The Hall–Kier alpha value is -2.66. The first-order valence-corrected chi connectivity index (χ1v) is 6.92. The molecule has 0 saturated carbocycles. The van der Waals surface area contributed by atoms with Crippen molar-refractivity contribution in [3.05, 3.63) is 65.7 Å². The summed E-state index contributed by atoms with van der Waals surface area (Å²) in [5.74, 6) is -0.750. The van der Waals surface area contributed by atoms with Crippen molar-refractivity contribution in [2.24, 2.45) is 5.73 Å². The van der Waals surface area contributed by atoms with Crippen molar-refractivity contribution in [2.75, 3.05) is 5.32 Å². The van der Waals surface area contributed by atoms with E-state index in [0.717, 1.165) is 5.56 Å². The Morgan fingerprint density at radius 3 is 2.32 bits per heavy atom. The smallest absolute Gasteiger partial charge is 0.253 e. The van der Waals surface area contributed by atoms with Crippen molar-refractivity contribution < 1.29 is 14.3 Å². The topological polar surface area (TPSA) is 81.4 Å². The molecule has 0 aliphatic heterocycles. The molecule has 1 unspecified atom stereocenters. The number of ether oxygens (including phenoxy) is 1. The molecule has 2 aromatic carbocycles. The number of hydrogen-bond donors (Lipinski definition) is 2. The van der Waals surface area contributed by atoms with Crippen molar-refractivity contribution in [2.45, 2.75) is 19.6 Å². The number of primary amides is 1. The van der Waals surface area contributed by atoms with E-state index in [1.165, 1.54) is 0 Å². The van der Waals surface area contributed by atoms with Crippen LogP contribution in [0.15, 0.2) is 54.6 Å². The van der Waals surface area contributed by atoms with Crippen molar-refractivity contribution in [3.63, 3.8) is 0 Å². The van der Waals surface area contributed by atoms with Gasteiger partial charge in [-0.05, 0) is 36.8 Å². The highest BCUT2D eigenvalue weighted by Gasteiger charge is 2.13. The summed E-state index contributed by atoms with van der Waals surface area (Å²) in [7, 11) is 0. The molecular weight excluding hydrogens is 280 g/mol. The predicted octanol–water partition coefficient (Wildman–Crippen LogP) is 2.33. The molecule has 2 aromatic rings. The number of rotatable bonds is 6. The number of anilines is 1. The Kier molecular flexibility index (Phi) is 5.27. The lowest BCUT2D eigenvalue weighted by molar-refractivity contribution is -0.127. The summed E-state index contributed by atoms with van der Waals surface area (Å²) in [4.78, 5) is 23.0. The zero-order chi connectivity index (χ0) is 15.9. The normalized spacial score (nSPS) is 11.7. The van der Waals surface area contributed by atoms with E-state index in [0.29, 0.717) is 17.9 Å². The van der Waals surface area contributed by atoms with E-state index in [9.17, 15) is 9.59 Å². The fourth-order valence-corrected chi connectivity index (χ4v) is 1.83. The standard InChI is InChI=1S/C17H18N2O3/c1-12(22-11-13-5-3-2-4-6-13)17(21)19-15-9-7-14(8-10-15)16(18)20/h2-10,12H,11H2,1H3,(H2,18,20)(H,19,21). The molecular formula is C17H18N2O3. The lowest BCUT2D eigenvalue weighted by atomic mass is 10.2. The van der Waals surface area contributed by atoms with E-state index in [-0.39, 0.29) is 5.91 Å². The molecule has 0 radical (unpaired) electrons. The number of carbonyl (C=O) groups is 2. The van der Waals surface area contributed by atoms with Gasteiger partial charge in [-0.15, -0.1) is 0 Å². The van der Waals surface area contributed by atoms with E-state index in [2.05, 4.69) is 5.32 Å². The Bertz CT molecular complexity index is 639. The SMILES string of the molecule is CC(OCc1ccccc1)C(=O)Nc1ccc(C(N)=O)cc1. The minimum atomic E-state index is -0.587. The monoisotopic (exact) mass is 298 g/mol. The molecule has 0 aliphatic carbocycles. The Morgan fingerprint density at radius 2 is 1.73 bits per heavy atom. The van der Waals surface area contributed by atoms with Crippen LogP contribution in [-0.4, -0.2) is 17.9 Å². The Morgan fingerprint density at radius 1 is 1.09 bits per heavy atom. The first-order chi connectivity index (χ1) is 10.6. The molecule has 0 fully saturated rings. The van der Waals surface area contributed by atoms with E-state index in [1.54, 1.807) is 31.2 Å². The minimum absolute atomic E-state index is 0.247. The molecule has 22 heavy (non-hydrogen) atoms. The van der Waals surface area contributed by atoms with Gasteiger partial charge < -0.3 is 15.8 Å². The second kappa shape index (κ2) is 7.38. The van der Waals surface area contributed by atoms with Crippen molar-refractivity contribution in [1.29, 1.82) is 0 Å². The van der Waals surface area contributed by atoms with Crippen LogP contribution < -0.4 is 11.1 Å². The molecule has 2 rings (SSSR count). The third-order valence-corrected chi connectivity index (χ3v) is 3.15. The van der Waals surface area contributed by atoms with Crippen LogP contribution in [0.4, 0.5) is 5.69 Å². The predicted molar refractivity (Wildman–Crippen MR) is 84.3 cm³/mol. The molecule has 0 bridgehead atoms. The largest absolute Gasteiger partial charge is 0.366 e. The quantitative estimate of drug-likeness (QED) is 0.858. The zero-order valence-corrected chi connectivity index (χ0v) is 12.3. The van der Waals surface area contributed by atoms with Gasteiger partial charge in [0.25, 0.3) is 5.91 Å². The summed E-state index contributed by atoms with van der Waals surface area (Å²) < 4.78 is 5.54. The average molecular weight is 298 g/mol. The number of nitrogens with one attached hydrogen (secondary N) is 1. The molecule has 0 aliphatic rings. The van der Waals surface area contributed by atoms with Crippen LogP contribution in [-0.2, 0) is 16.1 Å². The number of benzene rings is 2. The highest BCUT2D eigenvalue weighted by atomic mass is 16.5.